The van der Waals surface area contributed by atoms with Gasteiger partial charge in [-0.25, -0.2) is 0 Å². The van der Waals surface area contributed by atoms with E-state index in [4.69, 9.17) is 9.47 Å². The van der Waals surface area contributed by atoms with Crippen LogP contribution in [0.1, 0.15) is 239 Å². The first-order valence-corrected chi connectivity index (χ1v) is 27.4. The Morgan fingerprint density at radius 2 is 0.909 bits per heavy atom. The molecule has 1 rings (SSSR count). The molecule has 0 spiro atoms. The molecule has 0 bridgehead atoms. The molecule has 66 heavy (non-hydrogen) atoms. The smallest absolute Gasteiger partial charge is 0.249 e. The van der Waals surface area contributed by atoms with Gasteiger partial charge >= 0.3 is 0 Å². The molecule has 0 aromatic rings. The molecule has 1 aliphatic heterocycles. The SMILES string of the molecule is CCCCC/C=C\CCCCCCC(O)C(=O)NC(COC1OC(CO)C(O)C(O)C1O)C(O)C(O)CCC/C=C/CC/C=C/CCCCCCCCCCCCCCCCCCCCC. The lowest BCUT2D eigenvalue weighted by Crippen LogP contribution is -2.60. The van der Waals surface area contributed by atoms with E-state index in [-0.39, 0.29) is 12.8 Å². The Hall–Kier alpha value is -1.67. The minimum atomic E-state index is -1.67. The zero-order valence-corrected chi connectivity index (χ0v) is 42.2. The summed E-state index contributed by atoms with van der Waals surface area (Å²) in [5.74, 6) is -0.721. The van der Waals surface area contributed by atoms with Crippen molar-refractivity contribution in [2.24, 2.45) is 0 Å². The Morgan fingerprint density at radius 3 is 1.38 bits per heavy atom. The second kappa shape index (κ2) is 44.5. The van der Waals surface area contributed by atoms with Gasteiger partial charge in [-0.1, -0.05) is 198 Å². The van der Waals surface area contributed by atoms with E-state index < -0.39 is 74.2 Å². The van der Waals surface area contributed by atoms with E-state index in [9.17, 15) is 40.5 Å². The lowest BCUT2D eigenvalue weighted by atomic mass is 9.98. The van der Waals surface area contributed by atoms with Crippen LogP contribution < -0.4 is 5.32 Å². The monoisotopic (exact) mass is 938 g/mol. The molecule has 0 aromatic heterocycles. The summed E-state index contributed by atoms with van der Waals surface area (Å²) in [5, 5.41) is 75.8. The van der Waals surface area contributed by atoms with Crippen LogP contribution in [0.5, 0.6) is 0 Å². The Bertz CT molecular complexity index is 1170. The molecule has 0 saturated carbocycles. The van der Waals surface area contributed by atoms with Gasteiger partial charge in [-0.05, 0) is 77.0 Å². The molecule has 1 aliphatic rings. The molecule has 11 heteroatoms. The second-order valence-corrected chi connectivity index (χ2v) is 19.3. The molecule has 0 aromatic carbocycles. The van der Waals surface area contributed by atoms with E-state index in [1.807, 2.05) is 0 Å². The highest BCUT2D eigenvalue weighted by molar-refractivity contribution is 5.80. The molecule has 0 aliphatic carbocycles. The molecule has 1 heterocycles. The Balaban J connectivity index is 2.30. The summed E-state index contributed by atoms with van der Waals surface area (Å²) in [6, 6.07) is -1.19. The number of amides is 1. The van der Waals surface area contributed by atoms with Crippen molar-refractivity contribution in [1.82, 2.24) is 5.32 Å². The van der Waals surface area contributed by atoms with E-state index in [0.717, 1.165) is 51.4 Å². The van der Waals surface area contributed by atoms with Gasteiger partial charge in [0.1, 0.15) is 36.6 Å². The summed E-state index contributed by atoms with van der Waals surface area (Å²) in [6.45, 7) is 3.39. The molecule has 9 unspecified atom stereocenters. The van der Waals surface area contributed by atoms with Crippen molar-refractivity contribution < 1.29 is 50.0 Å². The molecule has 8 N–H and O–H groups in total. The maximum Gasteiger partial charge on any atom is 0.249 e. The Labute approximate surface area is 403 Å². The van der Waals surface area contributed by atoms with E-state index in [1.165, 1.54) is 141 Å². The summed E-state index contributed by atoms with van der Waals surface area (Å²) < 4.78 is 11.1. The first kappa shape index (κ1) is 62.3. The van der Waals surface area contributed by atoms with Crippen LogP contribution in [-0.4, -0.2) is 110 Å². The highest BCUT2D eigenvalue weighted by atomic mass is 16.7. The quantitative estimate of drug-likeness (QED) is 0.0215. The number of aliphatic hydroxyl groups is 7. The number of carbonyl (C=O) groups is 1. The van der Waals surface area contributed by atoms with Gasteiger partial charge in [-0.15, -0.1) is 0 Å². The van der Waals surface area contributed by atoms with Crippen LogP contribution in [0.2, 0.25) is 0 Å². The predicted molar refractivity (Wildman–Crippen MR) is 270 cm³/mol. The zero-order valence-electron chi connectivity index (χ0n) is 42.2. The minimum Gasteiger partial charge on any atom is -0.394 e. The molecule has 1 saturated heterocycles. The lowest BCUT2D eigenvalue weighted by molar-refractivity contribution is -0.303. The van der Waals surface area contributed by atoms with Crippen LogP contribution in [0.3, 0.4) is 0 Å². The van der Waals surface area contributed by atoms with Gasteiger partial charge in [0.25, 0.3) is 0 Å². The molecule has 0 radical (unpaired) electrons. The molecule has 9 atom stereocenters. The largest absolute Gasteiger partial charge is 0.394 e. The maximum atomic E-state index is 13.1. The normalized spacial score (nSPS) is 21.0. The standard InChI is InChI=1S/C55H103NO10/c1-3-5-7-9-11-13-15-16-17-18-19-20-21-22-23-24-25-26-27-28-29-30-31-33-34-36-38-40-42-47(58)50(60)46(45-65-55-53(63)52(62)51(61)49(44-57)66-55)56-54(64)48(59)43-41-39-37-35-32-14-12-10-8-6-4-2/h12,14,29-30,34,36,46-53,55,57-63H,3-11,13,15-28,31-33,35,37-45H2,1-2H3,(H,56,64)/b14-12-,30-29+,36-34+. The van der Waals surface area contributed by atoms with Gasteiger partial charge < -0.3 is 50.5 Å². The van der Waals surface area contributed by atoms with E-state index in [0.29, 0.717) is 19.3 Å². The number of unbranched alkanes of at least 4 members (excludes halogenated alkanes) is 28. The van der Waals surface area contributed by atoms with Crippen molar-refractivity contribution in [3.63, 3.8) is 0 Å². The number of carbonyl (C=O) groups excluding carboxylic acids is 1. The number of rotatable bonds is 46. The molecule has 1 fully saturated rings. The Kier molecular flexibility index (Phi) is 42.1. The molecular weight excluding hydrogens is 835 g/mol. The van der Waals surface area contributed by atoms with Crippen molar-refractivity contribution in [2.75, 3.05) is 13.2 Å². The van der Waals surface area contributed by atoms with Crippen LogP contribution >= 0.6 is 0 Å². The third-order valence-corrected chi connectivity index (χ3v) is 13.1. The average Bonchev–Trinajstić information content (AvgIpc) is 3.32. The molecule has 388 valence electrons. The first-order valence-electron chi connectivity index (χ1n) is 27.4. The van der Waals surface area contributed by atoms with Gasteiger partial charge in [0.15, 0.2) is 6.29 Å². The van der Waals surface area contributed by atoms with Gasteiger partial charge in [-0.2, -0.15) is 0 Å². The summed E-state index contributed by atoms with van der Waals surface area (Å²) in [5.41, 5.74) is 0. The van der Waals surface area contributed by atoms with Crippen molar-refractivity contribution in [3.8, 4) is 0 Å². The van der Waals surface area contributed by atoms with Crippen molar-refractivity contribution in [3.05, 3.63) is 36.5 Å². The topological polar surface area (TPSA) is 189 Å². The summed E-state index contributed by atoms with van der Waals surface area (Å²) in [4.78, 5) is 13.1. The van der Waals surface area contributed by atoms with Gasteiger partial charge in [0, 0.05) is 0 Å². The first-order chi connectivity index (χ1) is 32.2. The second-order valence-electron chi connectivity index (χ2n) is 19.3. The van der Waals surface area contributed by atoms with Crippen LogP contribution in [0.4, 0.5) is 0 Å². The fourth-order valence-corrected chi connectivity index (χ4v) is 8.63. The van der Waals surface area contributed by atoms with Crippen molar-refractivity contribution >= 4 is 5.91 Å². The number of nitrogens with one attached hydrogen (secondary N) is 1. The third kappa shape index (κ3) is 33.0. The minimum absolute atomic E-state index is 0.236. The summed E-state index contributed by atoms with van der Waals surface area (Å²) >= 11 is 0. The van der Waals surface area contributed by atoms with Gasteiger partial charge in [0.05, 0.1) is 25.4 Å². The third-order valence-electron chi connectivity index (χ3n) is 13.1. The van der Waals surface area contributed by atoms with Gasteiger partial charge in [-0.3, -0.25) is 4.79 Å². The number of hydrogen-bond donors (Lipinski definition) is 8. The molecule has 11 nitrogen and oxygen atoms in total. The number of ether oxygens (including phenoxy) is 2. The van der Waals surface area contributed by atoms with Crippen LogP contribution in [-0.2, 0) is 14.3 Å². The van der Waals surface area contributed by atoms with E-state index in [2.05, 4.69) is 55.6 Å². The maximum absolute atomic E-state index is 13.1. The summed E-state index contributed by atoms with van der Waals surface area (Å²) in [7, 11) is 0. The van der Waals surface area contributed by atoms with Crippen LogP contribution in [0.25, 0.3) is 0 Å². The zero-order chi connectivity index (χ0) is 48.3. The number of allylic oxidation sites excluding steroid dienone is 6. The van der Waals surface area contributed by atoms with E-state index in [1.54, 1.807) is 0 Å². The van der Waals surface area contributed by atoms with Crippen LogP contribution in [0, 0.1) is 0 Å². The fourth-order valence-electron chi connectivity index (χ4n) is 8.63. The molecular formula is C55H103NO10. The van der Waals surface area contributed by atoms with Crippen molar-refractivity contribution in [2.45, 2.75) is 294 Å². The van der Waals surface area contributed by atoms with Crippen LogP contribution in [0.15, 0.2) is 36.5 Å². The summed E-state index contributed by atoms with van der Waals surface area (Å²) in [6.07, 6.45) is 42.3. The lowest BCUT2D eigenvalue weighted by Gasteiger charge is -2.40. The predicted octanol–water partition coefficient (Wildman–Crippen LogP) is 10.7. The number of aliphatic hydroxyl groups excluding tert-OH is 7. The highest BCUT2D eigenvalue weighted by Gasteiger charge is 2.44. The average molecular weight is 938 g/mol. The van der Waals surface area contributed by atoms with Gasteiger partial charge in [0.2, 0.25) is 5.91 Å². The molecule has 1 amide bonds. The van der Waals surface area contributed by atoms with E-state index >= 15 is 0 Å². The number of hydrogen-bond acceptors (Lipinski definition) is 10. The van der Waals surface area contributed by atoms with Crippen molar-refractivity contribution in [1.29, 1.82) is 0 Å². The Morgan fingerprint density at radius 1 is 0.515 bits per heavy atom. The fraction of sp³-hybridized carbons (Fsp3) is 0.873. The highest BCUT2D eigenvalue weighted by Crippen LogP contribution is 2.23.